The molecule has 0 saturated heterocycles. The summed E-state index contributed by atoms with van der Waals surface area (Å²) in [6, 6.07) is 6.79. The van der Waals surface area contributed by atoms with Gasteiger partial charge in [-0.1, -0.05) is 32.5 Å². The quantitative estimate of drug-likeness (QED) is 0.150. The number of ether oxygens (including phenoxy) is 1. The molecule has 3 rings (SSSR count). The van der Waals surface area contributed by atoms with E-state index in [0.717, 1.165) is 34.4 Å². The predicted molar refractivity (Wildman–Crippen MR) is 134 cm³/mol. The third kappa shape index (κ3) is 6.60. The molecular formula is C21H30BrN5OSSi. The molecule has 6 nitrogen and oxygen atoms in total. The van der Waals surface area contributed by atoms with Crippen molar-refractivity contribution in [3.05, 3.63) is 28.9 Å². The van der Waals surface area contributed by atoms with E-state index in [-0.39, 0.29) is 17.8 Å². The molecule has 0 aliphatic heterocycles. The largest absolute Gasteiger partial charge is 0.361 e. The molecule has 162 valence electrons. The smallest absolute Gasteiger partial charge is 0.170 e. The van der Waals surface area contributed by atoms with Gasteiger partial charge in [0, 0.05) is 31.3 Å². The summed E-state index contributed by atoms with van der Waals surface area (Å²) in [6.07, 6.45) is 6.22. The van der Waals surface area contributed by atoms with Crippen molar-refractivity contribution in [3.8, 4) is 0 Å². The van der Waals surface area contributed by atoms with Crippen LogP contribution in [0.1, 0.15) is 25.7 Å². The number of nitrogens with one attached hydrogen (secondary N) is 2. The number of nitrogens with zero attached hydrogens (tertiary/aromatic N) is 3. The fourth-order valence-electron chi connectivity index (χ4n) is 3.32. The predicted octanol–water partition coefficient (Wildman–Crippen LogP) is 6.35. The van der Waals surface area contributed by atoms with Crippen molar-refractivity contribution in [1.29, 1.82) is 10.8 Å². The van der Waals surface area contributed by atoms with Crippen LogP contribution in [0, 0.1) is 16.7 Å². The van der Waals surface area contributed by atoms with Crippen LogP contribution in [-0.4, -0.2) is 41.6 Å². The Morgan fingerprint density at radius 3 is 2.67 bits per heavy atom. The molecule has 2 N–H and O–H groups in total. The molecule has 30 heavy (non-hydrogen) atoms. The van der Waals surface area contributed by atoms with Gasteiger partial charge >= 0.3 is 0 Å². The van der Waals surface area contributed by atoms with Crippen LogP contribution in [0.2, 0.25) is 25.7 Å². The van der Waals surface area contributed by atoms with Crippen molar-refractivity contribution in [3.63, 3.8) is 0 Å². The molecular weight excluding hydrogens is 478 g/mol. The molecule has 0 aromatic carbocycles. The van der Waals surface area contributed by atoms with Gasteiger partial charge < -0.3 is 4.74 Å². The molecule has 2 aromatic heterocycles. The van der Waals surface area contributed by atoms with Gasteiger partial charge in [0.1, 0.15) is 12.5 Å². The van der Waals surface area contributed by atoms with Gasteiger partial charge in [0.2, 0.25) is 0 Å². The Labute approximate surface area is 192 Å². The van der Waals surface area contributed by atoms with E-state index in [4.69, 9.17) is 20.5 Å². The monoisotopic (exact) mass is 507 g/mol. The highest BCUT2D eigenvalue weighted by Crippen LogP contribution is 2.31. The van der Waals surface area contributed by atoms with E-state index >= 15 is 0 Å². The molecule has 1 aliphatic carbocycles. The lowest BCUT2D eigenvalue weighted by atomic mass is 10.1. The fourth-order valence-corrected chi connectivity index (χ4v) is 5.26. The second-order valence-corrected chi connectivity index (χ2v) is 16.5. The lowest BCUT2D eigenvalue weighted by molar-refractivity contribution is 0.155. The van der Waals surface area contributed by atoms with Crippen LogP contribution in [-0.2, 0) is 4.74 Å². The topological polar surface area (TPSA) is 86.0 Å². The van der Waals surface area contributed by atoms with Crippen molar-refractivity contribution in [2.24, 2.45) is 5.92 Å². The van der Waals surface area contributed by atoms with E-state index in [0.29, 0.717) is 17.5 Å². The Morgan fingerprint density at radius 2 is 1.97 bits per heavy atom. The number of rotatable bonds is 7. The first kappa shape index (κ1) is 23.4. The van der Waals surface area contributed by atoms with E-state index in [2.05, 4.69) is 40.6 Å². The summed E-state index contributed by atoms with van der Waals surface area (Å²) in [6.45, 7) is 7.90. The standard InChI is InChI=1S/C21H30BrN5OSSi/c1-30(2,3)11-10-28-14-27(21(24)29-20(23)15-6-4-5-7-15)19-9-8-17-18(26-19)12-16(22)13-25-17/h8-9,12-13,15,23-24H,4-7,10-11,14H2,1-3H3. The summed E-state index contributed by atoms with van der Waals surface area (Å²) < 4.78 is 6.83. The number of anilines is 1. The van der Waals surface area contributed by atoms with Crippen molar-refractivity contribution in [2.75, 3.05) is 18.2 Å². The minimum Gasteiger partial charge on any atom is -0.361 e. The Hall–Kier alpha value is -1.29. The average molecular weight is 509 g/mol. The Kier molecular flexibility index (Phi) is 8.06. The van der Waals surface area contributed by atoms with Crippen molar-refractivity contribution >= 4 is 62.8 Å². The highest BCUT2D eigenvalue weighted by molar-refractivity contribution is 9.10. The Bertz CT molecular complexity index is 914. The number of halogens is 1. The Balaban J connectivity index is 1.77. The van der Waals surface area contributed by atoms with E-state index in [1.54, 1.807) is 11.1 Å². The van der Waals surface area contributed by atoms with Crippen LogP contribution in [0.25, 0.3) is 11.0 Å². The maximum atomic E-state index is 8.70. The molecule has 0 spiro atoms. The zero-order chi connectivity index (χ0) is 21.7. The molecule has 0 bridgehead atoms. The summed E-state index contributed by atoms with van der Waals surface area (Å²) in [5.41, 5.74) is 1.57. The van der Waals surface area contributed by atoms with Crippen LogP contribution in [0.5, 0.6) is 0 Å². The normalized spacial score (nSPS) is 14.9. The number of amidine groups is 1. The maximum absolute atomic E-state index is 8.70. The summed E-state index contributed by atoms with van der Waals surface area (Å²) in [5.74, 6) is 0.932. The maximum Gasteiger partial charge on any atom is 0.170 e. The third-order valence-corrected chi connectivity index (χ3v) is 8.27. The van der Waals surface area contributed by atoms with Crippen molar-refractivity contribution in [1.82, 2.24) is 9.97 Å². The van der Waals surface area contributed by atoms with E-state index < -0.39 is 8.07 Å². The second-order valence-electron chi connectivity index (χ2n) is 8.89. The van der Waals surface area contributed by atoms with Gasteiger partial charge in [0.25, 0.3) is 0 Å². The molecule has 0 radical (unpaired) electrons. The zero-order valence-electron chi connectivity index (χ0n) is 17.9. The minimum atomic E-state index is -1.19. The van der Waals surface area contributed by atoms with Crippen LogP contribution in [0.15, 0.2) is 28.9 Å². The van der Waals surface area contributed by atoms with Gasteiger partial charge in [0.05, 0.1) is 16.1 Å². The molecule has 0 amide bonds. The van der Waals surface area contributed by atoms with Gasteiger partial charge in [-0.15, -0.1) is 0 Å². The molecule has 1 fully saturated rings. The molecule has 2 heterocycles. The minimum absolute atomic E-state index is 0.258. The van der Waals surface area contributed by atoms with Gasteiger partial charge in [-0.3, -0.25) is 20.7 Å². The fraction of sp³-hybridized carbons (Fsp3) is 0.524. The molecule has 2 aromatic rings. The SMILES string of the molecule is C[Si](C)(C)CCOCN(C(=N)SC(=N)C1CCCC1)c1ccc2ncc(Br)cc2n1. The summed E-state index contributed by atoms with van der Waals surface area (Å²) in [5, 5.41) is 18.0. The lowest BCUT2D eigenvalue weighted by Gasteiger charge is -2.25. The highest BCUT2D eigenvalue weighted by atomic mass is 79.9. The number of pyridine rings is 2. The van der Waals surface area contributed by atoms with Gasteiger partial charge in [-0.2, -0.15) is 0 Å². The first-order valence-corrected chi connectivity index (χ1v) is 15.7. The average Bonchev–Trinajstić information content (AvgIpc) is 3.21. The lowest BCUT2D eigenvalue weighted by Crippen LogP contribution is -2.33. The van der Waals surface area contributed by atoms with Crippen LogP contribution in [0.3, 0.4) is 0 Å². The number of thioether (sulfide) groups is 1. The summed E-state index contributed by atoms with van der Waals surface area (Å²) >= 11 is 4.68. The highest BCUT2D eigenvalue weighted by Gasteiger charge is 2.24. The van der Waals surface area contributed by atoms with Crippen molar-refractivity contribution in [2.45, 2.75) is 51.4 Å². The van der Waals surface area contributed by atoms with E-state index in [1.807, 2.05) is 18.2 Å². The number of hydrogen-bond acceptors (Lipinski definition) is 6. The third-order valence-electron chi connectivity index (χ3n) is 5.16. The summed E-state index contributed by atoms with van der Waals surface area (Å²) in [4.78, 5) is 10.9. The first-order valence-electron chi connectivity index (χ1n) is 10.4. The zero-order valence-corrected chi connectivity index (χ0v) is 21.3. The number of hydrogen-bond donors (Lipinski definition) is 2. The molecule has 1 aliphatic rings. The molecule has 9 heteroatoms. The van der Waals surface area contributed by atoms with Gasteiger partial charge in [-0.25, -0.2) is 4.98 Å². The molecule has 0 atom stereocenters. The Morgan fingerprint density at radius 1 is 1.23 bits per heavy atom. The number of aromatic nitrogens is 2. The summed E-state index contributed by atoms with van der Waals surface area (Å²) in [7, 11) is -1.19. The molecule has 0 unspecified atom stereocenters. The van der Waals surface area contributed by atoms with E-state index in [1.165, 1.54) is 24.6 Å². The molecule has 1 saturated carbocycles. The van der Waals surface area contributed by atoms with E-state index in [9.17, 15) is 0 Å². The van der Waals surface area contributed by atoms with Gasteiger partial charge in [-0.05, 0) is 64.8 Å². The van der Waals surface area contributed by atoms with Crippen LogP contribution < -0.4 is 4.90 Å². The first-order chi connectivity index (χ1) is 14.2. The van der Waals surface area contributed by atoms with Crippen LogP contribution >= 0.6 is 27.7 Å². The second kappa shape index (κ2) is 10.3. The number of fused-ring (bicyclic) bond motifs is 1. The van der Waals surface area contributed by atoms with Gasteiger partial charge in [0.15, 0.2) is 5.17 Å². The van der Waals surface area contributed by atoms with Crippen LogP contribution in [0.4, 0.5) is 5.82 Å². The van der Waals surface area contributed by atoms with Crippen molar-refractivity contribution < 1.29 is 4.74 Å².